The van der Waals surface area contributed by atoms with E-state index < -0.39 is 5.82 Å². The molecule has 0 atom stereocenters. The highest BCUT2D eigenvalue weighted by Crippen LogP contribution is 2.13. The molecule has 0 radical (unpaired) electrons. The van der Waals surface area contributed by atoms with Crippen LogP contribution in [0.5, 0.6) is 0 Å². The number of nitrogens with zero attached hydrogens (tertiary/aromatic N) is 1. The second-order valence-electron chi connectivity index (χ2n) is 2.88. The fourth-order valence-electron chi connectivity index (χ4n) is 1.26. The van der Waals surface area contributed by atoms with Gasteiger partial charge in [-0.3, -0.25) is 4.57 Å². The number of nitrogens with two attached hydrogens (primary N) is 1. The highest BCUT2D eigenvalue weighted by atomic mass is 19.1. The van der Waals surface area contributed by atoms with Crippen molar-refractivity contribution in [2.75, 3.05) is 5.73 Å². The van der Waals surface area contributed by atoms with Crippen LogP contribution in [0.15, 0.2) is 35.4 Å². The van der Waals surface area contributed by atoms with E-state index in [4.69, 9.17) is 5.73 Å². The Kier molecular flexibility index (Phi) is 1.85. The lowest BCUT2D eigenvalue weighted by Gasteiger charge is -2.02. The summed E-state index contributed by atoms with van der Waals surface area (Å²) in [5.74, 6) is -0.465. The summed E-state index contributed by atoms with van der Waals surface area (Å²) < 4.78 is 14.2. The molecule has 1 aromatic carbocycles. The molecule has 0 saturated carbocycles. The van der Waals surface area contributed by atoms with Gasteiger partial charge in [-0.15, -0.1) is 0 Å². The number of rotatable bonds is 1. The Balaban J connectivity index is 2.63. The van der Waals surface area contributed by atoms with Gasteiger partial charge in [-0.2, -0.15) is 0 Å². The number of aromatic amines is 1. The van der Waals surface area contributed by atoms with Gasteiger partial charge in [0.1, 0.15) is 5.82 Å². The maximum atomic E-state index is 12.9. The Morgan fingerprint density at radius 1 is 1.36 bits per heavy atom. The summed E-state index contributed by atoms with van der Waals surface area (Å²) in [7, 11) is 0. The van der Waals surface area contributed by atoms with E-state index in [-0.39, 0.29) is 11.4 Å². The first-order valence-electron chi connectivity index (χ1n) is 3.99. The number of hydrogen-bond acceptors (Lipinski definition) is 2. The zero-order valence-electron chi connectivity index (χ0n) is 7.20. The topological polar surface area (TPSA) is 63.8 Å². The van der Waals surface area contributed by atoms with Crippen LogP contribution in [0.25, 0.3) is 5.69 Å². The van der Waals surface area contributed by atoms with Crippen molar-refractivity contribution in [1.82, 2.24) is 9.55 Å². The molecule has 0 fully saturated rings. The maximum Gasteiger partial charge on any atom is 0.330 e. The number of imidazole rings is 1. The predicted octanol–water partition coefficient (Wildman–Crippen LogP) is 0.887. The number of H-pyrrole nitrogens is 1. The van der Waals surface area contributed by atoms with E-state index in [1.807, 2.05) is 0 Å². The van der Waals surface area contributed by atoms with Crippen molar-refractivity contribution in [3.05, 3.63) is 46.9 Å². The fraction of sp³-hybridized carbons (Fsp3) is 0. The van der Waals surface area contributed by atoms with Crippen molar-refractivity contribution < 1.29 is 4.39 Å². The molecule has 0 aliphatic rings. The van der Waals surface area contributed by atoms with Crippen molar-refractivity contribution >= 4 is 5.69 Å². The van der Waals surface area contributed by atoms with Gasteiger partial charge < -0.3 is 10.7 Å². The van der Waals surface area contributed by atoms with Crippen molar-refractivity contribution in [3.63, 3.8) is 0 Å². The molecule has 0 unspecified atom stereocenters. The molecule has 72 valence electrons. The van der Waals surface area contributed by atoms with Gasteiger partial charge in [0.25, 0.3) is 0 Å². The largest absolute Gasteiger partial charge is 0.399 e. The molecule has 0 spiro atoms. The van der Waals surface area contributed by atoms with Crippen LogP contribution in [0, 0.1) is 5.82 Å². The maximum absolute atomic E-state index is 12.9. The van der Waals surface area contributed by atoms with Gasteiger partial charge >= 0.3 is 5.69 Å². The summed E-state index contributed by atoms with van der Waals surface area (Å²) in [6.45, 7) is 0. The lowest BCUT2D eigenvalue weighted by molar-refractivity contribution is 0.627. The molecule has 14 heavy (non-hydrogen) atoms. The van der Waals surface area contributed by atoms with E-state index in [0.717, 1.165) is 0 Å². The molecule has 0 bridgehead atoms. The highest BCUT2D eigenvalue weighted by molar-refractivity contribution is 5.48. The molecule has 1 heterocycles. The Bertz CT molecular complexity index is 495. The first-order valence-corrected chi connectivity index (χ1v) is 3.99. The van der Waals surface area contributed by atoms with Crippen LogP contribution in [-0.4, -0.2) is 9.55 Å². The van der Waals surface area contributed by atoms with Crippen molar-refractivity contribution in [2.24, 2.45) is 0 Å². The number of benzene rings is 1. The normalized spacial score (nSPS) is 10.4. The standard InChI is InChI=1S/C9H8FN3O/c10-6-3-7(11)5-8(4-6)13-2-1-12-9(13)14/h1-5H,11H2,(H,12,14). The van der Waals surface area contributed by atoms with E-state index in [1.54, 1.807) is 0 Å². The second-order valence-corrected chi connectivity index (χ2v) is 2.88. The Hall–Kier alpha value is -2.04. The van der Waals surface area contributed by atoms with Gasteiger partial charge in [0, 0.05) is 18.1 Å². The SMILES string of the molecule is Nc1cc(F)cc(-n2cc[nH]c2=O)c1. The number of aromatic nitrogens is 2. The molecule has 0 amide bonds. The van der Waals surface area contributed by atoms with Crippen LogP contribution in [0.3, 0.4) is 0 Å². The van der Waals surface area contributed by atoms with Crippen LogP contribution in [-0.2, 0) is 0 Å². The Labute approximate surface area is 78.8 Å². The first kappa shape index (κ1) is 8.55. The number of nitrogens with one attached hydrogen (secondary N) is 1. The number of hydrogen-bond donors (Lipinski definition) is 2. The fourth-order valence-corrected chi connectivity index (χ4v) is 1.26. The second kappa shape index (κ2) is 3.02. The van der Waals surface area contributed by atoms with Gasteiger partial charge in [-0.1, -0.05) is 0 Å². The van der Waals surface area contributed by atoms with Crippen LogP contribution in [0.2, 0.25) is 0 Å². The van der Waals surface area contributed by atoms with E-state index in [0.29, 0.717) is 5.69 Å². The number of halogens is 1. The molecule has 4 nitrogen and oxygen atoms in total. The summed E-state index contributed by atoms with van der Waals surface area (Å²) >= 11 is 0. The summed E-state index contributed by atoms with van der Waals surface area (Å²) in [5.41, 5.74) is 5.82. The van der Waals surface area contributed by atoms with Crippen LogP contribution in [0.4, 0.5) is 10.1 Å². The first-order chi connectivity index (χ1) is 6.66. The Morgan fingerprint density at radius 3 is 2.71 bits per heavy atom. The van der Waals surface area contributed by atoms with E-state index >= 15 is 0 Å². The molecule has 5 heteroatoms. The van der Waals surface area contributed by atoms with Gasteiger partial charge in [0.2, 0.25) is 0 Å². The molecule has 0 saturated heterocycles. The van der Waals surface area contributed by atoms with Gasteiger partial charge in [-0.05, 0) is 18.2 Å². The van der Waals surface area contributed by atoms with Crippen LogP contribution < -0.4 is 11.4 Å². The lowest BCUT2D eigenvalue weighted by Crippen LogP contribution is -2.14. The third-order valence-corrected chi connectivity index (χ3v) is 1.83. The van der Waals surface area contributed by atoms with Crippen molar-refractivity contribution in [1.29, 1.82) is 0 Å². The molecule has 3 N–H and O–H groups in total. The van der Waals surface area contributed by atoms with Crippen LogP contribution in [0.1, 0.15) is 0 Å². The van der Waals surface area contributed by atoms with Crippen LogP contribution >= 0.6 is 0 Å². The molecule has 0 aliphatic carbocycles. The molecular formula is C9H8FN3O. The molecule has 2 aromatic rings. The zero-order chi connectivity index (χ0) is 10.1. The van der Waals surface area contributed by atoms with E-state index in [1.165, 1.54) is 35.2 Å². The van der Waals surface area contributed by atoms with Crippen molar-refractivity contribution in [3.8, 4) is 5.69 Å². The van der Waals surface area contributed by atoms with Gasteiger partial charge in [0.05, 0.1) is 5.69 Å². The summed E-state index contributed by atoms with van der Waals surface area (Å²) in [6.07, 6.45) is 2.99. The van der Waals surface area contributed by atoms with E-state index in [2.05, 4.69) is 4.98 Å². The van der Waals surface area contributed by atoms with Gasteiger partial charge in [0.15, 0.2) is 0 Å². The molecular weight excluding hydrogens is 185 g/mol. The predicted molar refractivity (Wildman–Crippen MR) is 50.8 cm³/mol. The summed E-state index contributed by atoms with van der Waals surface area (Å²) in [4.78, 5) is 13.6. The quantitative estimate of drug-likeness (QED) is 0.660. The third kappa shape index (κ3) is 1.39. The minimum absolute atomic E-state index is 0.285. The highest BCUT2D eigenvalue weighted by Gasteiger charge is 2.02. The zero-order valence-corrected chi connectivity index (χ0v) is 7.20. The summed E-state index contributed by atoms with van der Waals surface area (Å²) in [5, 5.41) is 0. The van der Waals surface area contributed by atoms with Gasteiger partial charge in [-0.25, -0.2) is 9.18 Å². The lowest BCUT2D eigenvalue weighted by atomic mass is 10.2. The molecule has 0 aliphatic heterocycles. The number of nitrogen functional groups attached to an aromatic ring is 1. The average Bonchev–Trinajstić information content (AvgIpc) is 2.49. The number of anilines is 1. The molecule has 1 aromatic heterocycles. The molecule has 2 rings (SSSR count). The minimum Gasteiger partial charge on any atom is -0.399 e. The smallest absolute Gasteiger partial charge is 0.330 e. The minimum atomic E-state index is -0.465. The van der Waals surface area contributed by atoms with E-state index in [9.17, 15) is 9.18 Å². The third-order valence-electron chi connectivity index (χ3n) is 1.83. The average molecular weight is 193 g/mol. The summed E-state index contributed by atoms with van der Waals surface area (Å²) in [6, 6.07) is 3.96. The Morgan fingerprint density at radius 2 is 2.14 bits per heavy atom. The monoisotopic (exact) mass is 193 g/mol. The van der Waals surface area contributed by atoms with Crippen molar-refractivity contribution in [2.45, 2.75) is 0 Å².